The van der Waals surface area contributed by atoms with Crippen molar-refractivity contribution < 1.29 is 19.1 Å². The van der Waals surface area contributed by atoms with Gasteiger partial charge in [-0.2, -0.15) is 0 Å². The summed E-state index contributed by atoms with van der Waals surface area (Å²) in [7, 11) is 3.20. The molecule has 3 unspecified atom stereocenters. The molecule has 1 aliphatic heterocycles. The predicted octanol–water partition coefficient (Wildman–Crippen LogP) is 2.42. The van der Waals surface area contributed by atoms with Crippen LogP contribution in [0.2, 0.25) is 0 Å². The zero-order chi connectivity index (χ0) is 20.3. The molecular formula is C22H28N2O4. The van der Waals surface area contributed by atoms with Crippen LogP contribution in [0.3, 0.4) is 0 Å². The van der Waals surface area contributed by atoms with E-state index >= 15 is 0 Å². The van der Waals surface area contributed by atoms with Gasteiger partial charge < -0.3 is 20.5 Å². The number of nitrogens with one attached hydrogen (secondary N) is 1. The van der Waals surface area contributed by atoms with Crippen LogP contribution in [0.4, 0.5) is 0 Å². The van der Waals surface area contributed by atoms with E-state index in [0.717, 1.165) is 11.1 Å². The maximum atomic E-state index is 12.6. The molecule has 3 N–H and O–H groups in total. The molecule has 1 heterocycles. The van der Waals surface area contributed by atoms with Gasteiger partial charge in [-0.3, -0.25) is 9.59 Å². The van der Waals surface area contributed by atoms with Gasteiger partial charge in [0, 0.05) is 26.7 Å². The zero-order valence-electron chi connectivity index (χ0n) is 16.7. The predicted molar refractivity (Wildman–Crippen MR) is 106 cm³/mol. The largest absolute Gasteiger partial charge is 0.489 e. The molecule has 0 aromatic heterocycles. The minimum atomic E-state index is -0.931. The summed E-state index contributed by atoms with van der Waals surface area (Å²) in [6.45, 7) is 2.52. The fourth-order valence-corrected chi connectivity index (χ4v) is 4.32. The number of hydrogen-bond acceptors (Lipinski definition) is 4. The van der Waals surface area contributed by atoms with Gasteiger partial charge in [0.15, 0.2) is 0 Å². The highest BCUT2D eigenvalue weighted by Gasteiger charge is 2.48. The van der Waals surface area contributed by atoms with Crippen LogP contribution in [0, 0.1) is 5.41 Å². The van der Waals surface area contributed by atoms with Crippen LogP contribution >= 0.6 is 0 Å². The molecule has 28 heavy (non-hydrogen) atoms. The molecule has 0 radical (unpaired) electrons. The molecule has 2 amide bonds. The summed E-state index contributed by atoms with van der Waals surface area (Å²) < 4.78 is 11.3. The van der Waals surface area contributed by atoms with E-state index in [2.05, 4.69) is 17.4 Å². The van der Waals surface area contributed by atoms with Crippen molar-refractivity contribution in [3.05, 3.63) is 58.9 Å². The molecule has 1 aromatic carbocycles. The summed E-state index contributed by atoms with van der Waals surface area (Å²) in [5, 5.41) is 2.66. The first-order valence-electron chi connectivity index (χ1n) is 9.62. The van der Waals surface area contributed by atoms with Crippen molar-refractivity contribution in [2.45, 2.75) is 38.2 Å². The number of amides is 2. The molecule has 3 atom stereocenters. The average molecular weight is 384 g/mol. The first-order valence-corrected chi connectivity index (χ1v) is 9.62. The standard InChI is InChI=1S/C22H28N2O4/c1-14-18(15-8-5-4-6-9-15)16-12-22(21(23)26,10-7-11-27-3)13-17(19(16)28-14)20(25)24-2/h4-6,8-9,13-14,18H,7,10-12H2,1-3H3,(H2,23,26)(H,24,25). The van der Waals surface area contributed by atoms with Crippen molar-refractivity contribution in [1.82, 2.24) is 5.32 Å². The number of carbonyl (C=O) groups excluding carboxylic acids is 2. The van der Waals surface area contributed by atoms with E-state index in [0.29, 0.717) is 37.2 Å². The number of likely N-dealkylation sites (N-methyl/N-ethyl adjacent to an activating group) is 1. The molecule has 2 aliphatic rings. The summed E-state index contributed by atoms with van der Waals surface area (Å²) in [6.07, 6.45) is 3.22. The SMILES string of the molecule is CNC(=O)C1=CC(CCCOC)(C(N)=O)CC2=C1OC(C)C2c1ccccc1. The number of ether oxygens (including phenoxy) is 2. The van der Waals surface area contributed by atoms with E-state index in [4.69, 9.17) is 15.2 Å². The van der Waals surface area contributed by atoms with E-state index in [9.17, 15) is 9.59 Å². The number of rotatable bonds is 7. The Morgan fingerprint density at radius 2 is 2.04 bits per heavy atom. The number of nitrogens with two attached hydrogens (primary N) is 1. The van der Waals surface area contributed by atoms with Gasteiger partial charge in [-0.25, -0.2) is 0 Å². The van der Waals surface area contributed by atoms with Gasteiger partial charge in [-0.15, -0.1) is 0 Å². The lowest BCUT2D eigenvalue weighted by atomic mass is 9.68. The highest BCUT2D eigenvalue weighted by Crippen LogP contribution is 2.51. The minimum absolute atomic E-state index is 0.0225. The third kappa shape index (κ3) is 3.56. The Bertz CT molecular complexity index is 815. The lowest BCUT2D eigenvalue weighted by Crippen LogP contribution is -2.40. The molecule has 1 aromatic rings. The van der Waals surface area contributed by atoms with Crippen LogP contribution in [0.5, 0.6) is 0 Å². The Labute approximate surface area is 165 Å². The minimum Gasteiger partial charge on any atom is -0.489 e. The van der Waals surface area contributed by atoms with Gasteiger partial charge in [0.05, 0.1) is 11.0 Å². The van der Waals surface area contributed by atoms with Crippen LogP contribution < -0.4 is 11.1 Å². The fourth-order valence-electron chi connectivity index (χ4n) is 4.32. The van der Waals surface area contributed by atoms with Gasteiger partial charge in [0.2, 0.25) is 5.91 Å². The van der Waals surface area contributed by atoms with E-state index in [1.165, 1.54) is 0 Å². The smallest absolute Gasteiger partial charge is 0.254 e. The van der Waals surface area contributed by atoms with Crippen molar-refractivity contribution in [3.63, 3.8) is 0 Å². The maximum absolute atomic E-state index is 12.6. The van der Waals surface area contributed by atoms with Crippen molar-refractivity contribution in [3.8, 4) is 0 Å². The number of hydrogen-bond donors (Lipinski definition) is 2. The quantitative estimate of drug-likeness (QED) is 0.707. The first kappa shape index (κ1) is 20.1. The Hall–Kier alpha value is -2.60. The molecule has 0 fully saturated rings. The lowest BCUT2D eigenvalue weighted by Gasteiger charge is -2.33. The second kappa shape index (κ2) is 8.19. The van der Waals surface area contributed by atoms with Gasteiger partial charge in [0.25, 0.3) is 5.91 Å². The van der Waals surface area contributed by atoms with Crippen LogP contribution in [0.15, 0.2) is 53.3 Å². The Morgan fingerprint density at radius 1 is 1.32 bits per heavy atom. The van der Waals surface area contributed by atoms with Crippen LogP contribution in [-0.4, -0.2) is 38.7 Å². The monoisotopic (exact) mass is 384 g/mol. The molecule has 150 valence electrons. The third-order valence-corrected chi connectivity index (χ3v) is 5.70. The highest BCUT2D eigenvalue weighted by molar-refractivity contribution is 6.00. The summed E-state index contributed by atoms with van der Waals surface area (Å²) in [6, 6.07) is 10.0. The van der Waals surface area contributed by atoms with E-state index in [-0.39, 0.29) is 17.9 Å². The van der Waals surface area contributed by atoms with Crippen LogP contribution in [0.1, 0.15) is 37.7 Å². The fraction of sp³-hybridized carbons (Fsp3) is 0.455. The summed E-state index contributed by atoms with van der Waals surface area (Å²) >= 11 is 0. The van der Waals surface area contributed by atoms with Gasteiger partial charge in [0.1, 0.15) is 11.9 Å². The molecular weight excluding hydrogens is 356 g/mol. The number of primary amides is 1. The lowest BCUT2D eigenvalue weighted by molar-refractivity contribution is -0.125. The van der Waals surface area contributed by atoms with Crippen molar-refractivity contribution in [2.24, 2.45) is 11.1 Å². The molecule has 0 saturated carbocycles. The van der Waals surface area contributed by atoms with Crippen LogP contribution in [-0.2, 0) is 19.1 Å². The van der Waals surface area contributed by atoms with Gasteiger partial charge >= 0.3 is 0 Å². The Balaban J connectivity index is 2.08. The molecule has 1 aliphatic carbocycles. The van der Waals surface area contributed by atoms with Gasteiger partial charge in [-0.05, 0) is 37.3 Å². The van der Waals surface area contributed by atoms with E-state index < -0.39 is 11.3 Å². The highest BCUT2D eigenvalue weighted by atomic mass is 16.5. The maximum Gasteiger partial charge on any atom is 0.254 e. The number of methoxy groups -OCH3 is 1. The summed E-state index contributed by atoms with van der Waals surface area (Å²) in [4.78, 5) is 25.2. The topological polar surface area (TPSA) is 90.6 Å². The zero-order valence-corrected chi connectivity index (χ0v) is 16.7. The van der Waals surface area contributed by atoms with E-state index in [1.807, 2.05) is 25.1 Å². The molecule has 6 nitrogen and oxygen atoms in total. The average Bonchev–Trinajstić information content (AvgIpc) is 3.03. The van der Waals surface area contributed by atoms with Crippen LogP contribution in [0.25, 0.3) is 0 Å². The van der Waals surface area contributed by atoms with Crippen molar-refractivity contribution >= 4 is 11.8 Å². The second-order valence-corrected chi connectivity index (χ2v) is 7.50. The summed E-state index contributed by atoms with van der Waals surface area (Å²) in [5.74, 6) is -0.136. The third-order valence-electron chi connectivity index (χ3n) is 5.70. The molecule has 0 bridgehead atoms. The molecule has 0 spiro atoms. The number of carbonyl (C=O) groups is 2. The molecule has 6 heteroatoms. The summed E-state index contributed by atoms with van der Waals surface area (Å²) in [5.41, 5.74) is 7.41. The molecule has 3 rings (SSSR count). The van der Waals surface area contributed by atoms with Crippen molar-refractivity contribution in [1.29, 1.82) is 0 Å². The van der Waals surface area contributed by atoms with Crippen molar-refractivity contribution in [2.75, 3.05) is 20.8 Å². The van der Waals surface area contributed by atoms with Gasteiger partial charge in [-0.1, -0.05) is 36.4 Å². The Morgan fingerprint density at radius 3 is 2.64 bits per heavy atom. The van der Waals surface area contributed by atoms with E-state index in [1.54, 1.807) is 20.2 Å². The first-order chi connectivity index (χ1) is 13.4. The molecule has 0 saturated heterocycles. The normalized spacial score (nSPS) is 26.3. The Kier molecular flexibility index (Phi) is 5.89. The number of benzene rings is 1. The second-order valence-electron chi connectivity index (χ2n) is 7.50.